The van der Waals surface area contributed by atoms with Crippen molar-refractivity contribution in [2.75, 3.05) is 19.5 Å². The SMILES string of the molecule is COc1ccc(OC)c(-c2csc(NC(=O)[C@@H](NC(=O)c3cccc(C)c3)C(C)C)n2)c1. The van der Waals surface area contributed by atoms with E-state index in [-0.39, 0.29) is 17.7 Å². The summed E-state index contributed by atoms with van der Waals surface area (Å²) in [6, 6.07) is 12.0. The van der Waals surface area contributed by atoms with Gasteiger partial charge < -0.3 is 20.1 Å². The number of aromatic nitrogens is 1. The van der Waals surface area contributed by atoms with E-state index in [1.807, 2.05) is 50.4 Å². The Morgan fingerprint density at radius 3 is 2.50 bits per heavy atom. The molecule has 0 unspecified atom stereocenters. The summed E-state index contributed by atoms with van der Waals surface area (Å²) in [6.45, 7) is 5.69. The predicted molar refractivity (Wildman–Crippen MR) is 127 cm³/mol. The number of benzene rings is 2. The Morgan fingerprint density at radius 2 is 1.84 bits per heavy atom. The molecule has 1 aromatic heterocycles. The lowest BCUT2D eigenvalue weighted by Crippen LogP contribution is -2.47. The minimum Gasteiger partial charge on any atom is -0.497 e. The van der Waals surface area contributed by atoms with Gasteiger partial charge in [0.2, 0.25) is 5.91 Å². The molecule has 0 radical (unpaired) electrons. The van der Waals surface area contributed by atoms with Gasteiger partial charge in [0.1, 0.15) is 17.5 Å². The lowest BCUT2D eigenvalue weighted by Gasteiger charge is -2.21. The molecule has 0 bridgehead atoms. The van der Waals surface area contributed by atoms with Gasteiger partial charge in [0, 0.05) is 16.5 Å². The highest BCUT2D eigenvalue weighted by Gasteiger charge is 2.26. The van der Waals surface area contributed by atoms with E-state index in [1.54, 1.807) is 32.4 Å². The molecule has 2 amide bonds. The first kappa shape index (κ1) is 23.3. The fourth-order valence-electron chi connectivity index (χ4n) is 3.20. The first-order valence-corrected chi connectivity index (χ1v) is 11.1. The molecule has 1 heterocycles. The third-order valence-electron chi connectivity index (χ3n) is 4.93. The number of aryl methyl sites for hydroxylation is 1. The number of hydrogen-bond donors (Lipinski definition) is 2. The Labute approximate surface area is 191 Å². The zero-order valence-electron chi connectivity index (χ0n) is 18.8. The van der Waals surface area contributed by atoms with Gasteiger partial charge >= 0.3 is 0 Å². The van der Waals surface area contributed by atoms with Gasteiger partial charge in [0.05, 0.1) is 19.9 Å². The zero-order chi connectivity index (χ0) is 23.3. The molecule has 1 atom stereocenters. The van der Waals surface area contributed by atoms with Gasteiger partial charge in [-0.3, -0.25) is 9.59 Å². The number of rotatable bonds is 8. The van der Waals surface area contributed by atoms with Crippen LogP contribution in [-0.2, 0) is 4.79 Å². The molecule has 7 nitrogen and oxygen atoms in total. The van der Waals surface area contributed by atoms with Gasteiger partial charge in [-0.25, -0.2) is 4.98 Å². The molecule has 168 valence electrons. The van der Waals surface area contributed by atoms with E-state index in [0.29, 0.717) is 27.9 Å². The smallest absolute Gasteiger partial charge is 0.251 e. The third-order valence-corrected chi connectivity index (χ3v) is 5.69. The number of methoxy groups -OCH3 is 2. The minimum absolute atomic E-state index is 0.110. The van der Waals surface area contributed by atoms with Crippen molar-refractivity contribution in [3.63, 3.8) is 0 Å². The molecule has 0 saturated carbocycles. The van der Waals surface area contributed by atoms with Gasteiger partial charge in [-0.2, -0.15) is 0 Å². The summed E-state index contributed by atoms with van der Waals surface area (Å²) in [4.78, 5) is 30.1. The Balaban J connectivity index is 1.76. The van der Waals surface area contributed by atoms with Crippen LogP contribution in [0.1, 0.15) is 29.8 Å². The highest BCUT2D eigenvalue weighted by Crippen LogP contribution is 2.35. The highest BCUT2D eigenvalue weighted by molar-refractivity contribution is 7.14. The van der Waals surface area contributed by atoms with E-state index in [0.717, 1.165) is 11.1 Å². The van der Waals surface area contributed by atoms with Crippen molar-refractivity contribution in [2.45, 2.75) is 26.8 Å². The van der Waals surface area contributed by atoms with E-state index in [9.17, 15) is 9.59 Å². The van der Waals surface area contributed by atoms with Crippen LogP contribution < -0.4 is 20.1 Å². The molecule has 3 rings (SSSR count). The lowest BCUT2D eigenvalue weighted by atomic mass is 10.0. The number of carbonyl (C=O) groups is 2. The Morgan fingerprint density at radius 1 is 1.06 bits per heavy atom. The van der Waals surface area contributed by atoms with Gasteiger partial charge in [-0.05, 0) is 43.2 Å². The molecule has 32 heavy (non-hydrogen) atoms. The number of anilines is 1. The van der Waals surface area contributed by atoms with Crippen LogP contribution in [0.5, 0.6) is 11.5 Å². The second-order valence-corrected chi connectivity index (χ2v) is 8.52. The number of amides is 2. The van der Waals surface area contributed by atoms with E-state index < -0.39 is 6.04 Å². The number of nitrogens with one attached hydrogen (secondary N) is 2. The molecule has 3 aromatic rings. The average Bonchev–Trinajstić information content (AvgIpc) is 3.24. The summed E-state index contributed by atoms with van der Waals surface area (Å²) in [6.07, 6.45) is 0. The van der Waals surface area contributed by atoms with Gasteiger partial charge in [0.15, 0.2) is 5.13 Å². The van der Waals surface area contributed by atoms with Crippen molar-refractivity contribution in [1.29, 1.82) is 0 Å². The van der Waals surface area contributed by atoms with Crippen LogP contribution in [0.4, 0.5) is 5.13 Å². The number of hydrogen-bond acceptors (Lipinski definition) is 6. The van der Waals surface area contributed by atoms with Crippen molar-refractivity contribution in [1.82, 2.24) is 10.3 Å². The van der Waals surface area contributed by atoms with Crippen molar-refractivity contribution in [3.8, 4) is 22.8 Å². The van der Waals surface area contributed by atoms with Crippen LogP contribution in [0.15, 0.2) is 47.8 Å². The van der Waals surface area contributed by atoms with Crippen LogP contribution in [0.25, 0.3) is 11.3 Å². The average molecular weight is 454 g/mol. The summed E-state index contributed by atoms with van der Waals surface area (Å²) in [5.74, 6) is 0.613. The zero-order valence-corrected chi connectivity index (χ0v) is 19.6. The van der Waals surface area contributed by atoms with Crippen LogP contribution in [-0.4, -0.2) is 37.1 Å². The second kappa shape index (κ2) is 10.3. The van der Waals surface area contributed by atoms with E-state index in [4.69, 9.17) is 9.47 Å². The first-order chi connectivity index (χ1) is 15.3. The van der Waals surface area contributed by atoms with Crippen molar-refractivity contribution in [2.24, 2.45) is 5.92 Å². The third kappa shape index (κ3) is 5.45. The molecular formula is C24H27N3O4S. The summed E-state index contributed by atoms with van der Waals surface area (Å²) >= 11 is 1.30. The molecule has 0 aliphatic rings. The first-order valence-electron chi connectivity index (χ1n) is 10.2. The highest BCUT2D eigenvalue weighted by atomic mass is 32.1. The molecule has 0 saturated heterocycles. The maximum absolute atomic E-state index is 13.0. The van der Waals surface area contributed by atoms with Crippen LogP contribution in [0.3, 0.4) is 0 Å². The second-order valence-electron chi connectivity index (χ2n) is 7.66. The number of ether oxygens (including phenoxy) is 2. The maximum Gasteiger partial charge on any atom is 0.251 e. The normalized spacial score (nSPS) is 11.7. The number of thiazole rings is 1. The summed E-state index contributed by atoms with van der Waals surface area (Å²) in [5, 5.41) is 7.94. The molecule has 2 aromatic carbocycles. The van der Waals surface area contributed by atoms with Crippen molar-refractivity contribution >= 4 is 28.3 Å². The molecule has 0 fully saturated rings. The minimum atomic E-state index is -0.707. The number of nitrogens with zero attached hydrogens (tertiary/aromatic N) is 1. The van der Waals surface area contributed by atoms with Crippen LogP contribution in [0.2, 0.25) is 0 Å². The van der Waals surface area contributed by atoms with E-state index in [2.05, 4.69) is 15.6 Å². The largest absolute Gasteiger partial charge is 0.497 e. The summed E-state index contributed by atoms with van der Waals surface area (Å²) in [7, 11) is 3.18. The maximum atomic E-state index is 13.0. The molecule has 0 spiro atoms. The number of carbonyl (C=O) groups excluding carboxylic acids is 2. The fourth-order valence-corrected chi connectivity index (χ4v) is 3.91. The van der Waals surface area contributed by atoms with Crippen molar-refractivity contribution in [3.05, 3.63) is 59.0 Å². The summed E-state index contributed by atoms with van der Waals surface area (Å²) < 4.78 is 10.7. The van der Waals surface area contributed by atoms with E-state index in [1.165, 1.54) is 11.3 Å². The Bertz CT molecular complexity index is 1110. The quantitative estimate of drug-likeness (QED) is 0.523. The molecule has 0 aliphatic heterocycles. The van der Waals surface area contributed by atoms with Gasteiger partial charge in [0.25, 0.3) is 5.91 Å². The molecular weight excluding hydrogens is 426 g/mol. The fraction of sp³-hybridized carbons (Fsp3) is 0.292. The van der Waals surface area contributed by atoms with Crippen LogP contribution >= 0.6 is 11.3 Å². The molecule has 2 N–H and O–H groups in total. The Kier molecular flexibility index (Phi) is 7.48. The topological polar surface area (TPSA) is 89.5 Å². The van der Waals surface area contributed by atoms with Crippen LogP contribution in [0, 0.1) is 12.8 Å². The van der Waals surface area contributed by atoms with Gasteiger partial charge in [-0.15, -0.1) is 11.3 Å². The molecule has 0 aliphatic carbocycles. The lowest BCUT2D eigenvalue weighted by molar-refractivity contribution is -0.118. The van der Waals surface area contributed by atoms with Gasteiger partial charge in [-0.1, -0.05) is 31.5 Å². The van der Waals surface area contributed by atoms with E-state index >= 15 is 0 Å². The predicted octanol–water partition coefficient (Wildman–Crippen LogP) is 4.53. The monoisotopic (exact) mass is 453 g/mol. The molecule has 8 heteroatoms. The Hall–Kier alpha value is -3.39. The summed E-state index contributed by atoms with van der Waals surface area (Å²) in [5.41, 5.74) is 2.92. The van der Waals surface area contributed by atoms with Crippen molar-refractivity contribution < 1.29 is 19.1 Å². The standard InChI is InChI=1S/C24H27N3O4S/c1-14(2)21(26-22(28)16-8-6-7-15(3)11-16)23(29)27-24-25-19(13-32-24)18-12-17(30-4)9-10-20(18)31-5/h6-14,21H,1-5H3,(H,26,28)(H,25,27,29)/t21-/m0/s1.